The van der Waals surface area contributed by atoms with Gasteiger partial charge in [-0.3, -0.25) is 4.79 Å². The zero-order chi connectivity index (χ0) is 14.0. The third-order valence-electron chi connectivity index (χ3n) is 2.20. The zero-order valence-corrected chi connectivity index (χ0v) is 10.1. The average molecular weight is 285 g/mol. The van der Waals surface area contributed by atoms with E-state index in [2.05, 4.69) is 4.98 Å². The Kier molecular flexibility index (Phi) is 3.62. The fourth-order valence-electron chi connectivity index (χ4n) is 1.36. The Balaban J connectivity index is 2.47. The third kappa shape index (κ3) is 2.79. The summed E-state index contributed by atoms with van der Waals surface area (Å²) < 4.78 is 31.8. The number of carbonyl (C=O) groups excluding carboxylic acids is 1. The molecule has 98 valence electrons. The van der Waals surface area contributed by atoms with Crippen molar-refractivity contribution < 1.29 is 18.3 Å². The molecule has 1 aromatic carbocycles. The molecule has 2 rings (SSSR count). The Bertz CT molecular complexity index is 629. The lowest BCUT2D eigenvalue weighted by molar-refractivity contribution is 0.0997. The summed E-state index contributed by atoms with van der Waals surface area (Å²) in [6.45, 7) is 0. The number of hydrogen-bond donors (Lipinski definition) is 1. The Morgan fingerprint density at radius 1 is 1.32 bits per heavy atom. The molecule has 0 spiro atoms. The van der Waals surface area contributed by atoms with Gasteiger partial charge in [-0.05, 0) is 18.2 Å². The molecule has 0 radical (unpaired) electrons. The number of aromatic nitrogens is 1. The van der Waals surface area contributed by atoms with Gasteiger partial charge in [-0.2, -0.15) is 0 Å². The summed E-state index contributed by atoms with van der Waals surface area (Å²) in [4.78, 5) is 14.9. The molecule has 7 heteroatoms. The van der Waals surface area contributed by atoms with Crippen LogP contribution in [0.25, 0.3) is 0 Å². The normalized spacial score (nSPS) is 10.3. The van der Waals surface area contributed by atoms with Crippen LogP contribution in [0.2, 0.25) is 5.02 Å². The molecule has 0 unspecified atom stereocenters. The molecule has 0 aliphatic heterocycles. The number of benzene rings is 1. The van der Waals surface area contributed by atoms with Crippen molar-refractivity contribution in [2.45, 2.75) is 0 Å². The number of carbonyl (C=O) groups is 1. The molecular weight excluding hydrogens is 278 g/mol. The largest absolute Gasteiger partial charge is 0.432 e. The quantitative estimate of drug-likeness (QED) is 0.942. The number of hydrogen-bond acceptors (Lipinski definition) is 3. The van der Waals surface area contributed by atoms with Crippen molar-refractivity contribution in [1.82, 2.24) is 4.98 Å². The number of nitrogens with zero attached hydrogens (tertiary/aromatic N) is 1. The van der Waals surface area contributed by atoms with E-state index in [0.29, 0.717) is 0 Å². The second kappa shape index (κ2) is 5.19. The van der Waals surface area contributed by atoms with Gasteiger partial charge in [-0.1, -0.05) is 17.7 Å². The Morgan fingerprint density at radius 3 is 2.53 bits per heavy atom. The monoisotopic (exact) mass is 284 g/mol. The molecule has 0 aliphatic carbocycles. The number of primary amides is 1. The summed E-state index contributed by atoms with van der Waals surface area (Å²) in [7, 11) is 0. The van der Waals surface area contributed by atoms with Crippen molar-refractivity contribution >= 4 is 17.5 Å². The Hall–Kier alpha value is -2.21. The predicted octanol–water partition coefficient (Wildman–Crippen LogP) is 2.90. The molecule has 2 aromatic rings. The molecule has 0 fully saturated rings. The van der Waals surface area contributed by atoms with Gasteiger partial charge >= 0.3 is 0 Å². The molecular formula is C12H7ClF2N2O2. The van der Waals surface area contributed by atoms with Crippen LogP contribution in [0.3, 0.4) is 0 Å². The number of pyridine rings is 1. The molecule has 1 amide bonds. The molecule has 19 heavy (non-hydrogen) atoms. The third-order valence-corrected chi connectivity index (χ3v) is 2.41. The fourth-order valence-corrected chi connectivity index (χ4v) is 1.52. The maximum atomic E-state index is 13.4. The lowest BCUT2D eigenvalue weighted by atomic mass is 10.2. The van der Waals surface area contributed by atoms with Crippen LogP contribution < -0.4 is 10.5 Å². The molecule has 0 saturated carbocycles. The smallest absolute Gasteiger partial charge is 0.254 e. The predicted molar refractivity (Wildman–Crippen MR) is 64.2 cm³/mol. The number of ether oxygens (including phenoxy) is 1. The highest BCUT2D eigenvalue weighted by atomic mass is 35.5. The van der Waals surface area contributed by atoms with Crippen molar-refractivity contribution in [2.75, 3.05) is 0 Å². The summed E-state index contributed by atoms with van der Waals surface area (Å²) >= 11 is 5.65. The van der Waals surface area contributed by atoms with Crippen LogP contribution in [-0.2, 0) is 0 Å². The van der Waals surface area contributed by atoms with Crippen molar-refractivity contribution in [3.63, 3.8) is 0 Å². The van der Waals surface area contributed by atoms with E-state index in [1.165, 1.54) is 18.3 Å². The Morgan fingerprint density at radius 2 is 1.95 bits per heavy atom. The van der Waals surface area contributed by atoms with E-state index in [1.54, 1.807) is 0 Å². The van der Waals surface area contributed by atoms with E-state index in [0.717, 1.165) is 12.1 Å². The van der Waals surface area contributed by atoms with Crippen molar-refractivity contribution in [3.8, 4) is 11.6 Å². The molecule has 1 heterocycles. The molecule has 0 atom stereocenters. The van der Waals surface area contributed by atoms with Gasteiger partial charge < -0.3 is 10.5 Å². The molecule has 0 saturated heterocycles. The van der Waals surface area contributed by atoms with Gasteiger partial charge in [-0.25, -0.2) is 13.8 Å². The minimum absolute atomic E-state index is 0.148. The van der Waals surface area contributed by atoms with E-state index < -0.39 is 23.3 Å². The van der Waals surface area contributed by atoms with Gasteiger partial charge in [0.05, 0.1) is 5.02 Å². The molecule has 1 aromatic heterocycles. The average Bonchev–Trinajstić information content (AvgIpc) is 2.35. The minimum Gasteiger partial charge on any atom is -0.432 e. The standard InChI is InChI=1S/C12H7ClF2N2O2/c13-6-4-7(11(16)18)12(17-5-6)19-10-8(14)2-1-3-9(10)15/h1-5H,(H2,16,18). The second-order valence-electron chi connectivity index (χ2n) is 3.52. The van der Waals surface area contributed by atoms with Gasteiger partial charge in [0.25, 0.3) is 5.91 Å². The minimum atomic E-state index is -0.924. The van der Waals surface area contributed by atoms with Crippen LogP contribution in [0.4, 0.5) is 8.78 Å². The maximum absolute atomic E-state index is 13.4. The SMILES string of the molecule is NC(=O)c1cc(Cl)cnc1Oc1c(F)cccc1F. The lowest BCUT2D eigenvalue weighted by Crippen LogP contribution is -2.13. The van der Waals surface area contributed by atoms with Crippen LogP contribution >= 0.6 is 11.6 Å². The van der Waals surface area contributed by atoms with Gasteiger partial charge in [0.1, 0.15) is 5.56 Å². The van der Waals surface area contributed by atoms with Gasteiger partial charge in [0.15, 0.2) is 11.6 Å². The number of nitrogens with two attached hydrogens (primary N) is 1. The zero-order valence-electron chi connectivity index (χ0n) is 9.36. The highest BCUT2D eigenvalue weighted by molar-refractivity contribution is 6.30. The number of halogens is 3. The first-order valence-electron chi connectivity index (χ1n) is 5.06. The van der Waals surface area contributed by atoms with Crippen LogP contribution in [-0.4, -0.2) is 10.9 Å². The van der Waals surface area contributed by atoms with E-state index in [4.69, 9.17) is 22.1 Å². The summed E-state index contributed by atoms with van der Waals surface area (Å²) in [5.41, 5.74) is 4.94. The number of amides is 1. The van der Waals surface area contributed by atoms with Crippen molar-refractivity contribution in [3.05, 3.63) is 52.7 Å². The van der Waals surface area contributed by atoms with E-state index in [1.807, 2.05) is 0 Å². The number of para-hydroxylation sites is 1. The lowest BCUT2D eigenvalue weighted by Gasteiger charge is -2.09. The topological polar surface area (TPSA) is 65.2 Å². The molecule has 4 nitrogen and oxygen atoms in total. The van der Waals surface area contributed by atoms with Gasteiger partial charge in [0, 0.05) is 6.20 Å². The van der Waals surface area contributed by atoms with Crippen LogP contribution in [0, 0.1) is 11.6 Å². The first-order chi connectivity index (χ1) is 8.99. The second-order valence-corrected chi connectivity index (χ2v) is 3.96. The number of rotatable bonds is 3. The first-order valence-corrected chi connectivity index (χ1v) is 5.44. The Labute approximate surface area is 111 Å². The van der Waals surface area contributed by atoms with Crippen LogP contribution in [0.15, 0.2) is 30.5 Å². The molecule has 2 N–H and O–H groups in total. The summed E-state index contributed by atoms with van der Waals surface area (Å²) in [6.07, 6.45) is 1.17. The fraction of sp³-hybridized carbons (Fsp3) is 0. The summed E-state index contributed by atoms with van der Waals surface area (Å²) in [5, 5.41) is 0.148. The summed E-state index contributed by atoms with van der Waals surface area (Å²) in [6, 6.07) is 4.41. The van der Waals surface area contributed by atoms with Gasteiger partial charge in [-0.15, -0.1) is 0 Å². The van der Waals surface area contributed by atoms with Crippen molar-refractivity contribution in [1.29, 1.82) is 0 Å². The van der Waals surface area contributed by atoms with E-state index in [9.17, 15) is 13.6 Å². The molecule has 0 bridgehead atoms. The van der Waals surface area contributed by atoms with Crippen LogP contribution in [0.1, 0.15) is 10.4 Å². The van der Waals surface area contributed by atoms with E-state index >= 15 is 0 Å². The maximum Gasteiger partial charge on any atom is 0.254 e. The highest BCUT2D eigenvalue weighted by Crippen LogP contribution is 2.29. The molecule has 0 aliphatic rings. The van der Waals surface area contributed by atoms with E-state index in [-0.39, 0.29) is 16.5 Å². The van der Waals surface area contributed by atoms with Crippen molar-refractivity contribution in [2.24, 2.45) is 5.73 Å². The summed E-state index contributed by atoms with van der Waals surface area (Å²) in [5.74, 6) is -3.71. The van der Waals surface area contributed by atoms with Gasteiger partial charge in [0.2, 0.25) is 11.6 Å². The van der Waals surface area contributed by atoms with Crippen LogP contribution in [0.5, 0.6) is 11.6 Å². The first kappa shape index (κ1) is 13.2. The highest BCUT2D eigenvalue weighted by Gasteiger charge is 2.17.